The lowest BCUT2D eigenvalue weighted by atomic mass is 10.2. The van der Waals surface area contributed by atoms with Crippen LogP contribution in [0.1, 0.15) is 11.8 Å². The molecule has 0 aliphatic rings. The van der Waals surface area contributed by atoms with Crippen LogP contribution in [-0.4, -0.2) is 11.5 Å². The van der Waals surface area contributed by atoms with Gasteiger partial charge in [-0.15, -0.1) is 0 Å². The zero-order chi connectivity index (χ0) is 13.0. The molecule has 1 aromatic carbocycles. The molecule has 0 radical (unpaired) electrons. The number of pyridine rings is 1. The number of rotatable bonds is 4. The van der Waals surface area contributed by atoms with Gasteiger partial charge in [-0.25, -0.2) is 8.78 Å². The lowest BCUT2D eigenvalue weighted by molar-refractivity contribution is 0.208. The van der Waals surface area contributed by atoms with E-state index >= 15 is 0 Å². The molecule has 0 aliphatic carbocycles. The highest BCUT2D eigenvalue weighted by atomic mass is 19.2. The molecule has 0 fully saturated rings. The Kier molecular flexibility index (Phi) is 3.84. The Bertz CT molecular complexity index is 520. The molecule has 0 aliphatic heterocycles. The summed E-state index contributed by atoms with van der Waals surface area (Å²) in [6.45, 7) is 0.190. The zero-order valence-electron chi connectivity index (χ0n) is 9.51. The number of hydrogen-bond donors (Lipinski definition) is 1. The molecule has 2 N–H and O–H groups in total. The van der Waals surface area contributed by atoms with Gasteiger partial charge in [-0.1, -0.05) is 6.07 Å². The van der Waals surface area contributed by atoms with Crippen LogP contribution in [0.2, 0.25) is 0 Å². The third kappa shape index (κ3) is 2.81. The van der Waals surface area contributed by atoms with Gasteiger partial charge in [0.15, 0.2) is 17.7 Å². The highest BCUT2D eigenvalue weighted by Crippen LogP contribution is 2.21. The van der Waals surface area contributed by atoms with E-state index in [0.29, 0.717) is 5.69 Å². The molecule has 5 heteroatoms. The molecular weight excluding hydrogens is 238 g/mol. The first-order valence-electron chi connectivity index (χ1n) is 5.43. The molecule has 1 aromatic heterocycles. The second-order valence-electron chi connectivity index (χ2n) is 3.67. The molecule has 0 saturated carbocycles. The van der Waals surface area contributed by atoms with Crippen molar-refractivity contribution in [2.24, 2.45) is 5.73 Å². The van der Waals surface area contributed by atoms with Crippen LogP contribution in [0.3, 0.4) is 0 Å². The maximum atomic E-state index is 13.0. The standard InChI is InChI=1S/C13H12F2N2O/c14-10-5-4-9(7-11(10)15)18-13(8-16)12-3-1-2-6-17-12/h1-7,13H,8,16H2. The van der Waals surface area contributed by atoms with Crippen molar-refractivity contribution in [1.82, 2.24) is 4.98 Å². The van der Waals surface area contributed by atoms with E-state index in [2.05, 4.69) is 4.98 Å². The Morgan fingerprint density at radius 1 is 1.17 bits per heavy atom. The van der Waals surface area contributed by atoms with E-state index in [9.17, 15) is 8.78 Å². The quantitative estimate of drug-likeness (QED) is 0.906. The van der Waals surface area contributed by atoms with Gasteiger partial charge in [0.1, 0.15) is 5.75 Å². The first-order valence-corrected chi connectivity index (χ1v) is 5.43. The van der Waals surface area contributed by atoms with Crippen molar-refractivity contribution in [2.75, 3.05) is 6.54 Å². The molecule has 94 valence electrons. The summed E-state index contributed by atoms with van der Waals surface area (Å²) in [5, 5.41) is 0. The largest absolute Gasteiger partial charge is 0.483 e. The van der Waals surface area contributed by atoms with E-state index in [1.54, 1.807) is 24.4 Å². The summed E-state index contributed by atoms with van der Waals surface area (Å²) in [6.07, 6.45) is 1.13. The SMILES string of the molecule is NCC(Oc1ccc(F)c(F)c1)c1ccccn1. The second-order valence-corrected chi connectivity index (χ2v) is 3.67. The summed E-state index contributed by atoms with van der Waals surface area (Å²) in [7, 11) is 0. The van der Waals surface area contributed by atoms with Gasteiger partial charge in [0.05, 0.1) is 5.69 Å². The Hall–Kier alpha value is -2.01. The Morgan fingerprint density at radius 2 is 2.00 bits per heavy atom. The number of ether oxygens (including phenoxy) is 1. The van der Waals surface area contributed by atoms with Gasteiger partial charge in [0.2, 0.25) is 0 Å². The second kappa shape index (κ2) is 5.55. The smallest absolute Gasteiger partial charge is 0.162 e. The third-order valence-corrected chi connectivity index (χ3v) is 2.40. The molecule has 0 amide bonds. The number of aromatic nitrogens is 1. The van der Waals surface area contributed by atoms with Crippen LogP contribution in [0.4, 0.5) is 8.78 Å². The fourth-order valence-corrected chi connectivity index (χ4v) is 1.51. The predicted octanol–water partition coefficient (Wildman–Crippen LogP) is 2.44. The highest BCUT2D eigenvalue weighted by molar-refractivity contribution is 5.24. The van der Waals surface area contributed by atoms with Gasteiger partial charge in [0, 0.05) is 18.8 Å². The summed E-state index contributed by atoms with van der Waals surface area (Å²) in [6, 6.07) is 8.69. The van der Waals surface area contributed by atoms with E-state index in [0.717, 1.165) is 12.1 Å². The molecule has 3 nitrogen and oxygen atoms in total. The molecule has 0 saturated heterocycles. The molecule has 1 atom stereocenters. The summed E-state index contributed by atoms with van der Waals surface area (Å²) >= 11 is 0. The van der Waals surface area contributed by atoms with Crippen LogP contribution < -0.4 is 10.5 Å². The predicted molar refractivity (Wildman–Crippen MR) is 63.0 cm³/mol. The minimum Gasteiger partial charge on any atom is -0.483 e. The summed E-state index contributed by atoms with van der Waals surface area (Å²) < 4.78 is 31.3. The molecule has 18 heavy (non-hydrogen) atoms. The van der Waals surface area contributed by atoms with Gasteiger partial charge in [-0.05, 0) is 24.3 Å². The minimum absolute atomic E-state index is 0.190. The number of nitrogens with zero attached hydrogens (tertiary/aromatic N) is 1. The monoisotopic (exact) mass is 250 g/mol. The molecule has 0 spiro atoms. The molecule has 1 heterocycles. The minimum atomic E-state index is -0.954. The van der Waals surface area contributed by atoms with Crippen molar-refractivity contribution in [3.8, 4) is 5.75 Å². The van der Waals surface area contributed by atoms with E-state index < -0.39 is 17.7 Å². The Morgan fingerprint density at radius 3 is 2.61 bits per heavy atom. The normalized spacial score (nSPS) is 12.2. The van der Waals surface area contributed by atoms with Crippen molar-refractivity contribution in [2.45, 2.75) is 6.10 Å². The average molecular weight is 250 g/mol. The van der Waals surface area contributed by atoms with E-state index in [4.69, 9.17) is 10.5 Å². The van der Waals surface area contributed by atoms with E-state index in [1.807, 2.05) is 0 Å². The molecule has 0 bridgehead atoms. The number of hydrogen-bond acceptors (Lipinski definition) is 3. The van der Waals surface area contributed by atoms with Gasteiger partial charge in [-0.3, -0.25) is 4.98 Å². The number of nitrogens with two attached hydrogens (primary N) is 1. The van der Waals surface area contributed by atoms with Gasteiger partial charge in [0.25, 0.3) is 0 Å². The van der Waals surface area contributed by atoms with Crippen molar-refractivity contribution >= 4 is 0 Å². The van der Waals surface area contributed by atoms with Crippen LogP contribution in [-0.2, 0) is 0 Å². The Balaban J connectivity index is 2.18. The first kappa shape index (κ1) is 12.4. The van der Waals surface area contributed by atoms with Crippen molar-refractivity contribution in [3.05, 3.63) is 59.9 Å². The summed E-state index contributed by atoms with van der Waals surface area (Å²) in [4.78, 5) is 4.11. The lowest BCUT2D eigenvalue weighted by Gasteiger charge is -2.16. The number of halogens is 2. The fraction of sp³-hybridized carbons (Fsp3) is 0.154. The summed E-state index contributed by atoms with van der Waals surface area (Å²) in [5.74, 6) is -1.65. The van der Waals surface area contributed by atoms with Crippen LogP contribution in [0.15, 0.2) is 42.6 Å². The molecule has 1 unspecified atom stereocenters. The van der Waals surface area contributed by atoms with Crippen molar-refractivity contribution < 1.29 is 13.5 Å². The third-order valence-electron chi connectivity index (χ3n) is 2.40. The molecular formula is C13H12F2N2O. The maximum absolute atomic E-state index is 13.0. The van der Waals surface area contributed by atoms with Gasteiger partial charge in [-0.2, -0.15) is 0 Å². The number of benzene rings is 1. The van der Waals surface area contributed by atoms with Crippen molar-refractivity contribution in [3.63, 3.8) is 0 Å². The summed E-state index contributed by atoms with van der Waals surface area (Å²) in [5.41, 5.74) is 6.23. The highest BCUT2D eigenvalue weighted by Gasteiger charge is 2.13. The lowest BCUT2D eigenvalue weighted by Crippen LogP contribution is -2.19. The van der Waals surface area contributed by atoms with E-state index in [1.165, 1.54) is 6.07 Å². The van der Waals surface area contributed by atoms with Crippen LogP contribution in [0.5, 0.6) is 5.75 Å². The van der Waals surface area contributed by atoms with Crippen molar-refractivity contribution in [1.29, 1.82) is 0 Å². The zero-order valence-corrected chi connectivity index (χ0v) is 9.51. The average Bonchev–Trinajstić information content (AvgIpc) is 2.41. The van der Waals surface area contributed by atoms with Crippen LogP contribution >= 0.6 is 0 Å². The van der Waals surface area contributed by atoms with Gasteiger partial charge >= 0.3 is 0 Å². The van der Waals surface area contributed by atoms with E-state index in [-0.39, 0.29) is 12.3 Å². The van der Waals surface area contributed by atoms with Crippen LogP contribution in [0, 0.1) is 11.6 Å². The fourth-order valence-electron chi connectivity index (χ4n) is 1.51. The molecule has 2 rings (SSSR count). The Labute approximate surface area is 103 Å². The van der Waals surface area contributed by atoms with Crippen LogP contribution in [0.25, 0.3) is 0 Å². The maximum Gasteiger partial charge on any atom is 0.162 e. The first-order chi connectivity index (χ1) is 8.70. The topological polar surface area (TPSA) is 48.1 Å². The van der Waals surface area contributed by atoms with Gasteiger partial charge < -0.3 is 10.5 Å². The molecule has 2 aromatic rings.